The van der Waals surface area contributed by atoms with E-state index in [1.54, 1.807) is 12.5 Å². The molecule has 0 radical (unpaired) electrons. The maximum Gasteiger partial charge on any atom is 0.271 e. The summed E-state index contributed by atoms with van der Waals surface area (Å²) in [5.74, 6) is -0.123. The molecule has 3 N–H and O–H groups in total. The number of carbonyl (C=O) groups excluding carboxylic acids is 1. The number of fused-ring (bicyclic) bond motifs is 1. The minimum absolute atomic E-state index is 0.0957. The first-order chi connectivity index (χ1) is 9.78. The van der Waals surface area contributed by atoms with Crippen LogP contribution in [0.4, 0.5) is 0 Å². The Hall–Kier alpha value is -2.14. The minimum Gasteiger partial charge on any atom is -0.344 e. The lowest BCUT2D eigenvalue weighted by Crippen LogP contribution is -2.27. The topological polar surface area (TPSA) is 72.9 Å². The first-order valence-corrected chi connectivity index (χ1v) is 6.88. The van der Waals surface area contributed by atoms with E-state index in [4.69, 9.17) is 5.73 Å². The first kappa shape index (κ1) is 12.9. The maximum atomic E-state index is 12.2. The molecule has 0 fully saturated rings. The SMILES string of the molecule is NCCn1cnc(C(=O)NC2CCc3ccccc32)c1. The van der Waals surface area contributed by atoms with Gasteiger partial charge in [0, 0.05) is 19.3 Å². The number of aryl methyl sites for hydroxylation is 1. The van der Waals surface area contributed by atoms with Crippen molar-refractivity contribution in [2.75, 3.05) is 6.54 Å². The van der Waals surface area contributed by atoms with Gasteiger partial charge in [0.25, 0.3) is 5.91 Å². The van der Waals surface area contributed by atoms with Gasteiger partial charge in [-0.25, -0.2) is 4.98 Å². The van der Waals surface area contributed by atoms with Gasteiger partial charge in [-0.1, -0.05) is 24.3 Å². The van der Waals surface area contributed by atoms with Gasteiger partial charge >= 0.3 is 0 Å². The molecule has 1 aromatic carbocycles. The molecule has 1 heterocycles. The Morgan fingerprint density at radius 2 is 2.30 bits per heavy atom. The Bertz CT molecular complexity index is 620. The normalized spacial score (nSPS) is 16.9. The third kappa shape index (κ3) is 2.44. The number of hydrogen-bond acceptors (Lipinski definition) is 3. The molecule has 1 aliphatic carbocycles. The van der Waals surface area contributed by atoms with Crippen molar-refractivity contribution in [2.45, 2.75) is 25.4 Å². The van der Waals surface area contributed by atoms with Crippen molar-refractivity contribution in [2.24, 2.45) is 5.73 Å². The van der Waals surface area contributed by atoms with Gasteiger partial charge in [-0.15, -0.1) is 0 Å². The van der Waals surface area contributed by atoms with E-state index in [-0.39, 0.29) is 11.9 Å². The third-order valence-corrected chi connectivity index (χ3v) is 3.69. The van der Waals surface area contributed by atoms with Crippen LogP contribution in [0.5, 0.6) is 0 Å². The summed E-state index contributed by atoms with van der Waals surface area (Å²) in [5, 5.41) is 3.06. The monoisotopic (exact) mass is 270 g/mol. The van der Waals surface area contributed by atoms with E-state index in [2.05, 4.69) is 22.4 Å². The lowest BCUT2D eigenvalue weighted by molar-refractivity contribution is 0.0932. The molecule has 1 aliphatic rings. The lowest BCUT2D eigenvalue weighted by Gasteiger charge is -2.12. The molecule has 20 heavy (non-hydrogen) atoms. The van der Waals surface area contributed by atoms with Gasteiger partial charge in [0.15, 0.2) is 0 Å². The fourth-order valence-corrected chi connectivity index (χ4v) is 2.69. The number of nitrogens with one attached hydrogen (secondary N) is 1. The molecule has 1 atom stereocenters. The zero-order chi connectivity index (χ0) is 13.9. The van der Waals surface area contributed by atoms with Crippen LogP contribution >= 0.6 is 0 Å². The van der Waals surface area contributed by atoms with Crippen molar-refractivity contribution in [3.8, 4) is 0 Å². The van der Waals surface area contributed by atoms with Crippen LogP contribution in [0.1, 0.15) is 34.1 Å². The van der Waals surface area contributed by atoms with Gasteiger partial charge in [0.05, 0.1) is 12.4 Å². The van der Waals surface area contributed by atoms with Gasteiger partial charge in [0.1, 0.15) is 5.69 Å². The zero-order valence-electron chi connectivity index (χ0n) is 11.2. The third-order valence-electron chi connectivity index (χ3n) is 3.69. The highest BCUT2D eigenvalue weighted by Crippen LogP contribution is 2.30. The second-order valence-electron chi connectivity index (χ2n) is 5.05. The van der Waals surface area contributed by atoms with Gasteiger partial charge < -0.3 is 15.6 Å². The van der Waals surface area contributed by atoms with Gasteiger partial charge in [-0.2, -0.15) is 0 Å². The van der Waals surface area contributed by atoms with E-state index >= 15 is 0 Å². The number of imidazole rings is 1. The van der Waals surface area contributed by atoms with Crippen LogP contribution in [-0.4, -0.2) is 22.0 Å². The lowest BCUT2D eigenvalue weighted by atomic mass is 10.1. The number of rotatable bonds is 4. The summed E-state index contributed by atoms with van der Waals surface area (Å²) in [4.78, 5) is 16.3. The molecule has 3 rings (SSSR count). The van der Waals surface area contributed by atoms with Crippen molar-refractivity contribution in [3.05, 3.63) is 53.6 Å². The molecule has 5 nitrogen and oxygen atoms in total. The summed E-state index contributed by atoms with van der Waals surface area (Å²) < 4.78 is 1.83. The fraction of sp³-hybridized carbons (Fsp3) is 0.333. The molecule has 0 bridgehead atoms. The standard InChI is InChI=1S/C15H18N4O/c16-7-8-19-9-14(17-10-19)15(20)18-13-6-5-11-3-1-2-4-12(11)13/h1-4,9-10,13H,5-8,16H2,(H,18,20). The predicted molar refractivity (Wildman–Crippen MR) is 76.3 cm³/mol. The van der Waals surface area contributed by atoms with Gasteiger partial charge in [0.2, 0.25) is 0 Å². The molecule has 1 amide bonds. The van der Waals surface area contributed by atoms with Crippen LogP contribution in [0.3, 0.4) is 0 Å². The Balaban J connectivity index is 1.70. The zero-order valence-corrected chi connectivity index (χ0v) is 11.2. The number of carbonyl (C=O) groups is 1. The summed E-state index contributed by atoms with van der Waals surface area (Å²) in [6, 6.07) is 8.35. The summed E-state index contributed by atoms with van der Waals surface area (Å²) in [6.07, 6.45) is 5.35. The van der Waals surface area contributed by atoms with Crippen molar-refractivity contribution in [1.82, 2.24) is 14.9 Å². The van der Waals surface area contributed by atoms with Gasteiger partial charge in [-0.3, -0.25) is 4.79 Å². The smallest absolute Gasteiger partial charge is 0.271 e. The first-order valence-electron chi connectivity index (χ1n) is 6.88. The Morgan fingerprint density at radius 1 is 1.45 bits per heavy atom. The molecule has 0 saturated carbocycles. The fourth-order valence-electron chi connectivity index (χ4n) is 2.69. The molecule has 2 aromatic rings. The van der Waals surface area contributed by atoms with Crippen LogP contribution in [0.25, 0.3) is 0 Å². The number of nitrogens with two attached hydrogens (primary N) is 1. The number of nitrogens with zero attached hydrogens (tertiary/aromatic N) is 2. The van der Waals surface area contributed by atoms with E-state index in [0.29, 0.717) is 18.8 Å². The van der Waals surface area contributed by atoms with Crippen LogP contribution in [0.15, 0.2) is 36.8 Å². The largest absolute Gasteiger partial charge is 0.344 e. The molecule has 0 aliphatic heterocycles. The predicted octanol–water partition coefficient (Wildman–Crippen LogP) is 1.26. The summed E-state index contributed by atoms with van der Waals surface area (Å²) >= 11 is 0. The molecule has 0 spiro atoms. The highest BCUT2D eigenvalue weighted by Gasteiger charge is 2.24. The van der Waals surface area contributed by atoms with Gasteiger partial charge in [-0.05, 0) is 24.0 Å². The molecule has 1 aromatic heterocycles. The quantitative estimate of drug-likeness (QED) is 0.878. The summed E-state index contributed by atoms with van der Waals surface area (Å²) in [5.41, 5.74) is 8.48. The van der Waals surface area contributed by atoms with Crippen LogP contribution in [0, 0.1) is 0 Å². The molecule has 5 heteroatoms. The van der Waals surface area contributed by atoms with Crippen molar-refractivity contribution in [1.29, 1.82) is 0 Å². The van der Waals surface area contributed by atoms with E-state index < -0.39 is 0 Å². The molecule has 0 saturated heterocycles. The highest BCUT2D eigenvalue weighted by molar-refractivity contribution is 5.92. The van der Waals surface area contributed by atoms with E-state index in [1.165, 1.54) is 11.1 Å². The molecule has 1 unspecified atom stereocenters. The number of benzene rings is 1. The number of hydrogen-bond donors (Lipinski definition) is 2. The van der Waals surface area contributed by atoms with Crippen molar-refractivity contribution in [3.63, 3.8) is 0 Å². The van der Waals surface area contributed by atoms with Crippen LogP contribution in [-0.2, 0) is 13.0 Å². The average Bonchev–Trinajstić information content (AvgIpc) is 3.07. The average molecular weight is 270 g/mol. The van der Waals surface area contributed by atoms with E-state index in [1.807, 2.05) is 16.7 Å². The maximum absolute atomic E-state index is 12.2. The molecule has 104 valence electrons. The summed E-state index contributed by atoms with van der Waals surface area (Å²) in [7, 11) is 0. The Kier molecular flexibility index (Phi) is 3.52. The Labute approximate surface area is 117 Å². The number of amides is 1. The van der Waals surface area contributed by atoms with E-state index in [9.17, 15) is 4.79 Å². The molecular formula is C15H18N4O. The second kappa shape index (κ2) is 5.46. The minimum atomic E-state index is -0.123. The Morgan fingerprint density at radius 3 is 3.15 bits per heavy atom. The van der Waals surface area contributed by atoms with Crippen LogP contribution in [0.2, 0.25) is 0 Å². The highest BCUT2D eigenvalue weighted by atomic mass is 16.2. The van der Waals surface area contributed by atoms with Crippen molar-refractivity contribution >= 4 is 5.91 Å². The number of aromatic nitrogens is 2. The van der Waals surface area contributed by atoms with Crippen molar-refractivity contribution < 1.29 is 4.79 Å². The summed E-state index contributed by atoms with van der Waals surface area (Å²) in [6.45, 7) is 1.21. The van der Waals surface area contributed by atoms with Crippen LogP contribution < -0.4 is 11.1 Å². The molecular weight excluding hydrogens is 252 g/mol. The van der Waals surface area contributed by atoms with E-state index in [0.717, 1.165) is 12.8 Å². The second-order valence-corrected chi connectivity index (χ2v) is 5.05.